The number of methoxy groups -OCH3 is 1. The quantitative estimate of drug-likeness (QED) is 0.507. The summed E-state index contributed by atoms with van der Waals surface area (Å²) in [6, 6.07) is 0. The number of esters is 1. The maximum atomic E-state index is 10.7. The van der Waals surface area contributed by atoms with Gasteiger partial charge < -0.3 is 10.1 Å². The predicted molar refractivity (Wildman–Crippen MR) is 36.6 cm³/mol. The molecule has 0 unspecified atom stereocenters. The fourth-order valence-electron chi connectivity index (χ4n) is 0.611. The number of aliphatic imine (C=N–C) groups is 1. The van der Waals surface area contributed by atoms with Crippen LogP contribution in [0.1, 0.15) is 0 Å². The highest BCUT2D eigenvalue weighted by Gasteiger charge is 2.08. The Labute approximate surface area is 58.6 Å². The number of rotatable bonds is 1. The smallest absolute Gasteiger partial charge is 0.356 e. The molecule has 1 N–H and O–H groups in total. The number of carbonyl (C=O) groups is 1. The van der Waals surface area contributed by atoms with E-state index in [1.54, 1.807) is 12.3 Å². The lowest BCUT2D eigenvalue weighted by molar-refractivity contribution is -0.132. The number of carbonyl (C=O) groups excluding carboxylic acids is 1. The van der Waals surface area contributed by atoms with Gasteiger partial charge in [-0.2, -0.15) is 0 Å². The Morgan fingerprint density at radius 3 is 3.20 bits per heavy atom. The van der Waals surface area contributed by atoms with Gasteiger partial charge in [0.2, 0.25) is 0 Å². The Bertz CT molecular complexity index is 196. The summed E-state index contributed by atoms with van der Waals surface area (Å²) in [6.45, 7) is 0.445. The second kappa shape index (κ2) is 3.00. The molecule has 0 saturated heterocycles. The molecular weight excluding hydrogens is 132 g/mol. The lowest BCUT2D eigenvalue weighted by Gasteiger charge is -2.04. The first-order chi connectivity index (χ1) is 4.84. The van der Waals surface area contributed by atoms with Crippen molar-refractivity contribution in [1.29, 1.82) is 0 Å². The molecule has 0 aromatic carbocycles. The Morgan fingerprint density at radius 1 is 1.90 bits per heavy atom. The van der Waals surface area contributed by atoms with Crippen LogP contribution in [0.25, 0.3) is 0 Å². The summed E-state index contributed by atoms with van der Waals surface area (Å²) in [6.07, 6.45) is 3.24. The molecule has 10 heavy (non-hydrogen) atoms. The van der Waals surface area contributed by atoms with Gasteiger partial charge in [0.15, 0.2) is 0 Å². The van der Waals surface area contributed by atoms with E-state index in [9.17, 15) is 4.79 Å². The summed E-state index contributed by atoms with van der Waals surface area (Å²) < 4.78 is 4.44. The van der Waals surface area contributed by atoms with Crippen molar-refractivity contribution in [2.24, 2.45) is 4.99 Å². The normalized spacial score (nSPS) is 15.5. The fraction of sp³-hybridized carbons (Fsp3) is 0.333. The van der Waals surface area contributed by atoms with E-state index in [1.807, 2.05) is 0 Å². The highest BCUT2D eigenvalue weighted by Crippen LogP contribution is 1.89. The van der Waals surface area contributed by atoms with Crippen molar-refractivity contribution in [3.63, 3.8) is 0 Å². The monoisotopic (exact) mass is 140 g/mol. The van der Waals surface area contributed by atoms with E-state index in [4.69, 9.17) is 0 Å². The van der Waals surface area contributed by atoms with E-state index in [0.29, 0.717) is 12.4 Å². The largest absolute Gasteiger partial charge is 0.464 e. The SMILES string of the molecule is COC(=O)C1=NCNC=C1. The topological polar surface area (TPSA) is 50.7 Å². The van der Waals surface area contributed by atoms with Crippen LogP contribution in [-0.4, -0.2) is 25.5 Å². The zero-order chi connectivity index (χ0) is 7.40. The Morgan fingerprint density at radius 2 is 2.70 bits per heavy atom. The lowest BCUT2D eigenvalue weighted by Crippen LogP contribution is -2.20. The molecule has 0 aromatic heterocycles. The number of nitrogens with zero attached hydrogens (tertiary/aromatic N) is 1. The van der Waals surface area contributed by atoms with Crippen LogP contribution in [0, 0.1) is 0 Å². The van der Waals surface area contributed by atoms with Gasteiger partial charge in [-0.25, -0.2) is 4.79 Å². The number of hydrogen-bond donors (Lipinski definition) is 1. The van der Waals surface area contributed by atoms with E-state index in [0.717, 1.165) is 0 Å². The molecule has 0 bridgehead atoms. The molecule has 0 atom stereocenters. The van der Waals surface area contributed by atoms with Gasteiger partial charge in [0.25, 0.3) is 0 Å². The second-order valence-corrected chi connectivity index (χ2v) is 1.73. The van der Waals surface area contributed by atoms with Crippen molar-refractivity contribution in [2.45, 2.75) is 0 Å². The highest BCUT2D eigenvalue weighted by molar-refractivity contribution is 6.41. The van der Waals surface area contributed by atoms with Crippen molar-refractivity contribution in [3.05, 3.63) is 12.3 Å². The predicted octanol–water partition coefficient (Wildman–Crippen LogP) is -0.325. The van der Waals surface area contributed by atoms with Crippen LogP contribution in [-0.2, 0) is 9.53 Å². The third-order valence-electron chi connectivity index (χ3n) is 1.09. The molecule has 1 aliphatic heterocycles. The standard InChI is InChI=1S/C6H8N2O2/c1-10-6(9)5-2-3-7-4-8-5/h2-3,7H,4H2,1H3. The third-order valence-corrected chi connectivity index (χ3v) is 1.09. The summed E-state index contributed by atoms with van der Waals surface area (Å²) >= 11 is 0. The average molecular weight is 140 g/mol. The van der Waals surface area contributed by atoms with Gasteiger partial charge in [0.1, 0.15) is 12.4 Å². The zero-order valence-corrected chi connectivity index (χ0v) is 5.63. The van der Waals surface area contributed by atoms with Crippen LogP contribution < -0.4 is 5.32 Å². The Balaban J connectivity index is 2.63. The second-order valence-electron chi connectivity index (χ2n) is 1.73. The molecule has 0 fully saturated rings. The average Bonchev–Trinajstić information content (AvgIpc) is 2.05. The minimum atomic E-state index is -0.391. The van der Waals surface area contributed by atoms with Crippen LogP contribution in [0.5, 0.6) is 0 Å². The van der Waals surface area contributed by atoms with Crippen LogP contribution >= 0.6 is 0 Å². The molecule has 4 heteroatoms. The van der Waals surface area contributed by atoms with Gasteiger partial charge in [-0.15, -0.1) is 0 Å². The first kappa shape index (κ1) is 6.80. The summed E-state index contributed by atoms with van der Waals surface area (Å²) in [5, 5.41) is 2.82. The molecule has 54 valence electrons. The molecule has 0 radical (unpaired) electrons. The number of nitrogens with one attached hydrogen (secondary N) is 1. The van der Waals surface area contributed by atoms with Gasteiger partial charge in [-0.1, -0.05) is 0 Å². The minimum Gasteiger partial charge on any atom is -0.464 e. The van der Waals surface area contributed by atoms with Gasteiger partial charge in [0, 0.05) is 6.20 Å². The molecule has 0 spiro atoms. The van der Waals surface area contributed by atoms with Gasteiger partial charge in [-0.05, 0) is 6.08 Å². The fourth-order valence-corrected chi connectivity index (χ4v) is 0.611. The lowest BCUT2D eigenvalue weighted by atomic mass is 10.3. The van der Waals surface area contributed by atoms with Gasteiger partial charge >= 0.3 is 5.97 Å². The summed E-state index contributed by atoms with van der Waals surface area (Å²) in [5.74, 6) is -0.391. The summed E-state index contributed by atoms with van der Waals surface area (Å²) in [7, 11) is 1.33. The molecule has 0 amide bonds. The molecule has 0 aliphatic carbocycles. The summed E-state index contributed by atoms with van der Waals surface area (Å²) in [5.41, 5.74) is 0.362. The van der Waals surface area contributed by atoms with Crippen molar-refractivity contribution >= 4 is 11.7 Å². The molecule has 1 rings (SSSR count). The van der Waals surface area contributed by atoms with E-state index >= 15 is 0 Å². The van der Waals surface area contributed by atoms with E-state index < -0.39 is 5.97 Å². The Kier molecular flexibility index (Phi) is 2.04. The van der Waals surface area contributed by atoms with Gasteiger partial charge in [0.05, 0.1) is 7.11 Å². The van der Waals surface area contributed by atoms with E-state index in [2.05, 4.69) is 15.0 Å². The number of ether oxygens (including phenoxy) is 1. The van der Waals surface area contributed by atoms with Crippen molar-refractivity contribution in [3.8, 4) is 0 Å². The molecular formula is C6H8N2O2. The van der Waals surface area contributed by atoms with Crippen molar-refractivity contribution in [2.75, 3.05) is 13.8 Å². The van der Waals surface area contributed by atoms with E-state index in [-0.39, 0.29) is 0 Å². The summed E-state index contributed by atoms with van der Waals surface area (Å²) in [4.78, 5) is 14.6. The molecule has 0 saturated carbocycles. The number of hydrogen-bond acceptors (Lipinski definition) is 4. The maximum absolute atomic E-state index is 10.7. The van der Waals surface area contributed by atoms with Crippen LogP contribution in [0.4, 0.5) is 0 Å². The van der Waals surface area contributed by atoms with Crippen molar-refractivity contribution < 1.29 is 9.53 Å². The molecule has 4 nitrogen and oxygen atoms in total. The molecule has 1 aliphatic rings. The Hall–Kier alpha value is -1.32. The van der Waals surface area contributed by atoms with Crippen LogP contribution in [0.15, 0.2) is 17.3 Å². The van der Waals surface area contributed by atoms with Gasteiger partial charge in [-0.3, -0.25) is 4.99 Å². The zero-order valence-electron chi connectivity index (χ0n) is 5.63. The third kappa shape index (κ3) is 1.34. The maximum Gasteiger partial charge on any atom is 0.356 e. The molecule has 0 aromatic rings. The van der Waals surface area contributed by atoms with Crippen molar-refractivity contribution in [1.82, 2.24) is 5.32 Å². The van der Waals surface area contributed by atoms with Crippen LogP contribution in [0.3, 0.4) is 0 Å². The first-order valence-electron chi connectivity index (χ1n) is 2.87. The van der Waals surface area contributed by atoms with Crippen LogP contribution in [0.2, 0.25) is 0 Å². The highest BCUT2D eigenvalue weighted by atomic mass is 16.5. The molecule has 1 heterocycles. The minimum absolute atomic E-state index is 0.362. The van der Waals surface area contributed by atoms with E-state index in [1.165, 1.54) is 7.11 Å². The first-order valence-corrected chi connectivity index (χ1v) is 2.87.